The standard InChI is InChI=1S/C28H53NO3/c1-4-5-6-7-8-9-10-11-12-13-14-15-18-23-32-28(31)27(24(2)3)29-26(30)22-21-25-19-16-17-20-25/h24-25,27H,4-23H2,1-3H3,(H,29,30). The van der Waals surface area contributed by atoms with Crippen LogP contribution in [0.25, 0.3) is 0 Å². The number of esters is 1. The molecule has 0 heterocycles. The van der Waals surface area contributed by atoms with E-state index in [-0.39, 0.29) is 17.8 Å². The summed E-state index contributed by atoms with van der Waals surface area (Å²) in [6.07, 6.45) is 23.5. The molecule has 1 aliphatic carbocycles. The van der Waals surface area contributed by atoms with Crippen LogP contribution in [-0.2, 0) is 14.3 Å². The van der Waals surface area contributed by atoms with E-state index in [1.54, 1.807) is 0 Å². The van der Waals surface area contributed by atoms with Crippen molar-refractivity contribution in [2.45, 2.75) is 149 Å². The Bertz CT molecular complexity index is 471. The van der Waals surface area contributed by atoms with Gasteiger partial charge < -0.3 is 10.1 Å². The Morgan fingerprint density at radius 1 is 0.812 bits per heavy atom. The maximum absolute atomic E-state index is 12.5. The lowest BCUT2D eigenvalue weighted by molar-refractivity contribution is -0.149. The van der Waals surface area contributed by atoms with Crippen LogP contribution in [0.2, 0.25) is 0 Å². The van der Waals surface area contributed by atoms with Crippen molar-refractivity contribution in [2.75, 3.05) is 6.61 Å². The van der Waals surface area contributed by atoms with Crippen molar-refractivity contribution >= 4 is 11.9 Å². The molecule has 4 heteroatoms. The molecule has 0 aromatic heterocycles. The lowest BCUT2D eigenvalue weighted by Gasteiger charge is -2.21. The Morgan fingerprint density at radius 3 is 1.81 bits per heavy atom. The van der Waals surface area contributed by atoms with Crippen molar-refractivity contribution < 1.29 is 14.3 Å². The third kappa shape index (κ3) is 14.9. The monoisotopic (exact) mass is 451 g/mol. The van der Waals surface area contributed by atoms with Crippen molar-refractivity contribution in [1.82, 2.24) is 5.32 Å². The van der Waals surface area contributed by atoms with Crippen LogP contribution in [0, 0.1) is 11.8 Å². The fourth-order valence-electron chi connectivity index (χ4n) is 4.76. The van der Waals surface area contributed by atoms with E-state index in [1.807, 2.05) is 13.8 Å². The molecule has 1 rings (SSSR count). The van der Waals surface area contributed by atoms with Crippen molar-refractivity contribution in [3.05, 3.63) is 0 Å². The summed E-state index contributed by atoms with van der Waals surface area (Å²) in [5.41, 5.74) is 0. The highest BCUT2D eigenvalue weighted by Crippen LogP contribution is 2.28. The molecule has 1 aliphatic rings. The average Bonchev–Trinajstić information content (AvgIpc) is 3.29. The molecule has 1 fully saturated rings. The van der Waals surface area contributed by atoms with Gasteiger partial charge >= 0.3 is 5.97 Å². The molecule has 1 amide bonds. The summed E-state index contributed by atoms with van der Waals surface area (Å²) in [4.78, 5) is 24.8. The maximum Gasteiger partial charge on any atom is 0.328 e. The zero-order chi connectivity index (χ0) is 23.4. The summed E-state index contributed by atoms with van der Waals surface area (Å²) >= 11 is 0. The van der Waals surface area contributed by atoms with Crippen LogP contribution in [0.4, 0.5) is 0 Å². The molecule has 0 aliphatic heterocycles. The number of ether oxygens (including phenoxy) is 1. The Labute approximate surface area is 199 Å². The second-order valence-corrected chi connectivity index (χ2v) is 10.4. The highest BCUT2D eigenvalue weighted by atomic mass is 16.5. The van der Waals surface area contributed by atoms with E-state index in [9.17, 15) is 9.59 Å². The number of hydrogen-bond acceptors (Lipinski definition) is 3. The van der Waals surface area contributed by atoms with Gasteiger partial charge in [0.2, 0.25) is 5.91 Å². The molecular formula is C28H53NO3. The normalized spacial score (nSPS) is 15.2. The molecule has 0 spiro atoms. The lowest BCUT2D eigenvalue weighted by atomic mass is 10.0. The SMILES string of the molecule is CCCCCCCCCCCCCCCOC(=O)C(NC(=O)CCC1CCCC1)C(C)C. The number of unbranched alkanes of at least 4 members (excludes halogenated alkanes) is 12. The van der Waals surface area contributed by atoms with Crippen LogP contribution in [0.3, 0.4) is 0 Å². The Balaban J connectivity index is 2.00. The first-order valence-corrected chi connectivity index (χ1v) is 14.0. The van der Waals surface area contributed by atoms with E-state index in [1.165, 1.54) is 96.3 Å². The molecule has 1 atom stereocenters. The Hall–Kier alpha value is -1.06. The molecule has 4 nitrogen and oxygen atoms in total. The van der Waals surface area contributed by atoms with Crippen LogP contribution in [-0.4, -0.2) is 24.5 Å². The number of carbonyl (C=O) groups is 2. The van der Waals surface area contributed by atoms with Crippen LogP contribution >= 0.6 is 0 Å². The maximum atomic E-state index is 12.5. The van der Waals surface area contributed by atoms with Gasteiger partial charge in [-0.05, 0) is 24.7 Å². The lowest BCUT2D eigenvalue weighted by Crippen LogP contribution is -2.45. The first kappa shape index (κ1) is 29.0. The van der Waals surface area contributed by atoms with Crippen LogP contribution in [0.15, 0.2) is 0 Å². The number of hydrogen-bond donors (Lipinski definition) is 1. The molecule has 188 valence electrons. The van der Waals surface area contributed by atoms with Gasteiger partial charge in [0.05, 0.1) is 6.61 Å². The van der Waals surface area contributed by atoms with Gasteiger partial charge in [0.1, 0.15) is 6.04 Å². The third-order valence-corrected chi connectivity index (χ3v) is 6.98. The summed E-state index contributed by atoms with van der Waals surface area (Å²) < 4.78 is 5.49. The van der Waals surface area contributed by atoms with Gasteiger partial charge in [0.15, 0.2) is 0 Å². The number of carbonyl (C=O) groups excluding carboxylic acids is 2. The summed E-state index contributed by atoms with van der Waals surface area (Å²) in [7, 11) is 0. The minimum absolute atomic E-state index is 0.00601. The van der Waals surface area contributed by atoms with E-state index in [2.05, 4.69) is 12.2 Å². The highest BCUT2D eigenvalue weighted by Gasteiger charge is 2.26. The molecule has 1 N–H and O–H groups in total. The van der Waals surface area contributed by atoms with Crippen molar-refractivity contribution in [3.8, 4) is 0 Å². The molecule has 1 saturated carbocycles. The second kappa shape index (κ2) is 19.4. The van der Waals surface area contributed by atoms with Gasteiger partial charge in [-0.25, -0.2) is 4.79 Å². The predicted octanol–water partition coefficient (Wildman–Crippen LogP) is 7.73. The van der Waals surface area contributed by atoms with Crippen molar-refractivity contribution in [3.63, 3.8) is 0 Å². The van der Waals surface area contributed by atoms with E-state index >= 15 is 0 Å². The number of amides is 1. The summed E-state index contributed by atoms with van der Waals surface area (Å²) in [6.45, 7) is 6.67. The van der Waals surface area contributed by atoms with E-state index in [4.69, 9.17) is 4.74 Å². The van der Waals surface area contributed by atoms with Gasteiger partial charge in [-0.2, -0.15) is 0 Å². The average molecular weight is 452 g/mol. The molecule has 0 saturated heterocycles. The van der Waals surface area contributed by atoms with Gasteiger partial charge in [-0.1, -0.05) is 124 Å². The second-order valence-electron chi connectivity index (χ2n) is 10.4. The first-order chi connectivity index (χ1) is 15.5. The molecule has 0 radical (unpaired) electrons. The van der Waals surface area contributed by atoms with Gasteiger partial charge in [-0.3, -0.25) is 4.79 Å². The van der Waals surface area contributed by atoms with E-state index < -0.39 is 6.04 Å². The summed E-state index contributed by atoms with van der Waals surface area (Å²) in [6, 6.07) is -0.520. The summed E-state index contributed by atoms with van der Waals surface area (Å²) in [5, 5.41) is 2.93. The van der Waals surface area contributed by atoms with Crippen molar-refractivity contribution in [2.24, 2.45) is 11.8 Å². The minimum atomic E-state index is -0.520. The van der Waals surface area contributed by atoms with Crippen molar-refractivity contribution in [1.29, 1.82) is 0 Å². The molecule has 0 aromatic rings. The number of nitrogens with one attached hydrogen (secondary N) is 1. The van der Waals surface area contributed by atoms with Crippen LogP contribution < -0.4 is 5.32 Å². The van der Waals surface area contributed by atoms with Gasteiger partial charge in [-0.15, -0.1) is 0 Å². The number of rotatable bonds is 20. The fraction of sp³-hybridized carbons (Fsp3) is 0.929. The minimum Gasteiger partial charge on any atom is -0.464 e. The Kier molecular flexibility index (Phi) is 17.6. The molecular weight excluding hydrogens is 398 g/mol. The zero-order valence-corrected chi connectivity index (χ0v) is 21.6. The molecule has 1 unspecified atom stereocenters. The van der Waals surface area contributed by atoms with E-state index in [0.29, 0.717) is 18.9 Å². The first-order valence-electron chi connectivity index (χ1n) is 14.0. The third-order valence-electron chi connectivity index (χ3n) is 6.98. The fourth-order valence-corrected chi connectivity index (χ4v) is 4.76. The topological polar surface area (TPSA) is 55.4 Å². The van der Waals surface area contributed by atoms with Crippen LogP contribution in [0.1, 0.15) is 143 Å². The Morgan fingerprint density at radius 2 is 1.31 bits per heavy atom. The highest BCUT2D eigenvalue weighted by molar-refractivity contribution is 5.84. The van der Waals surface area contributed by atoms with Gasteiger partial charge in [0.25, 0.3) is 0 Å². The molecule has 0 aromatic carbocycles. The molecule has 32 heavy (non-hydrogen) atoms. The predicted molar refractivity (Wildman–Crippen MR) is 135 cm³/mol. The quantitative estimate of drug-likeness (QED) is 0.152. The largest absolute Gasteiger partial charge is 0.464 e. The van der Waals surface area contributed by atoms with Gasteiger partial charge in [0, 0.05) is 6.42 Å². The molecule has 0 bridgehead atoms. The summed E-state index contributed by atoms with van der Waals surface area (Å²) in [5.74, 6) is 0.465. The zero-order valence-electron chi connectivity index (χ0n) is 21.6. The smallest absolute Gasteiger partial charge is 0.328 e. The van der Waals surface area contributed by atoms with Crippen LogP contribution in [0.5, 0.6) is 0 Å². The van der Waals surface area contributed by atoms with E-state index in [0.717, 1.165) is 19.3 Å².